The van der Waals surface area contributed by atoms with Crippen LogP contribution in [0.4, 0.5) is 0 Å². The van der Waals surface area contributed by atoms with Gasteiger partial charge in [-0.05, 0) is 28.1 Å². The zero-order chi connectivity index (χ0) is 14.1. The quantitative estimate of drug-likeness (QED) is 0.901. The molecule has 5 nitrogen and oxygen atoms in total. The summed E-state index contributed by atoms with van der Waals surface area (Å²) in [7, 11) is -3.98. The number of hydrogen-bond donors (Lipinski definition) is 1. The van der Waals surface area contributed by atoms with Crippen molar-refractivity contribution in [2.24, 2.45) is 0 Å². The van der Waals surface area contributed by atoms with Gasteiger partial charge in [0.2, 0.25) is 0 Å². The number of halogens is 1. The van der Waals surface area contributed by atoms with Gasteiger partial charge in [-0.3, -0.25) is 4.79 Å². The van der Waals surface area contributed by atoms with E-state index in [1.807, 2.05) is 0 Å². The van der Waals surface area contributed by atoms with Gasteiger partial charge < -0.3 is 9.84 Å². The third kappa shape index (κ3) is 2.30. The topological polar surface area (TPSA) is 80.7 Å². The van der Waals surface area contributed by atoms with E-state index >= 15 is 0 Å². The Labute approximate surface area is 119 Å². The summed E-state index contributed by atoms with van der Waals surface area (Å²) in [6.45, 7) is 0.270. The molecular weight excluding hydrogens is 336 g/mol. The molecule has 0 radical (unpaired) electrons. The molecule has 0 amide bonds. The van der Waals surface area contributed by atoms with Gasteiger partial charge in [0.15, 0.2) is 14.6 Å². The minimum Gasteiger partial charge on any atom is -0.480 e. The molecule has 19 heavy (non-hydrogen) atoms. The second-order valence-electron chi connectivity index (χ2n) is 4.35. The lowest BCUT2D eigenvalue weighted by atomic mass is 9.99. The SMILES string of the molecule is O=C(O)C1(S(=O)(=O)c2ccccc2Br)CCOCC1. The highest BCUT2D eigenvalue weighted by Crippen LogP contribution is 2.37. The van der Waals surface area contributed by atoms with Crippen molar-refractivity contribution in [1.29, 1.82) is 0 Å². The monoisotopic (exact) mass is 348 g/mol. The Morgan fingerprint density at radius 1 is 1.26 bits per heavy atom. The van der Waals surface area contributed by atoms with E-state index in [1.165, 1.54) is 6.07 Å². The van der Waals surface area contributed by atoms with E-state index in [0.29, 0.717) is 4.47 Å². The van der Waals surface area contributed by atoms with E-state index in [9.17, 15) is 18.3 Å². The fourth-order valence-corrected chi connectivity index (χ4v) is 5.03. The minimum absolute atomic E-state index is 0.0132. The van der Waals surface area contributed by atoms with Crippen LogP contribution in [0.1, 0.15) is 12.8 Å². The molecule has 0 unspecified atom stereocenters. The lowest BCUT2D eigenvalue weighted by Crippen LogP contribution is -2.50. The largest absolute Gasteiger partial charge is 0.480 e. The van der Waals surface area contributed by atoms with Crippen molar-refractivity contribution in [3.8, 4) is 0 Å². The van der Waals surface area contributed by atoms with Crippen molar-refractivity contribution in [1.82, 2.24) is 0 Å². The maximum absolute atomic E-state index is 12.7. The molecule has 104 valence electrons. The Kier molecular flexibility index (Phi) is 3.98. The molecule has 1 aromatic carbocycles. The van der Waals surface area contributed by atoms with Crippen LogP contribution in [0.15, 0.2) is 33.6 Å². The molecular formula is C12H13BrO5S. The first-order chi connectivity index (χ1) is 8.92. The van der Waals surface area contributed by atoms with Crippen LogP contribution in [0.2, 0.25) is 0 Å². The van der Waals surface area contributed by atoms with Gasteiger partial charge in [-0.2, -0.15) is 0 Å². The number of rotatable bonds is 3. The number of sulfone groups is 1. The zero-order valence-corrected chi connectivity index (χ0v) is 12.4. The van der Waals surface area contributed by atoms with Crippen molar-refractivity contribution in [2.75, 3.05) is 13.2 Å². The summed E-state index contributed by atoms with van der Waals surface area (Å²) in [5.74, 6) is -1.31. The Bertz CT molecular complexity index is 590. The average molecular weight is 349 g/mol. The first-order valence-corrected chi connectivity index (χ1v) is 8.00. The molecule has 0 atom stereocenters. The summed E-state index contributed by atoms with van der Waals surface area (Å²) in [5.41, 5.74) is 0. The molecule has 7 heteroatoms. The third-order valence-electron chi connectivity index (χ3n) is 3.33. The molecule has 0 aliphatic carbocycles. The number of carboxylic acids is 1. The second-order valence-corrected chi connectivity index (χ2v) is 7.43. The van der Waals surface area contributed by atoms with Crippen LogP contribution in [0.5, 0.6) is 0 Å². The van der Waals surface area contributed by atoms with E-state index < -0.39 is 20.6 Å². The average Bonchev–Trinajstić information content (AvgIpc) is 2.39. The first kappa shape index (κ1) is 14.5. The van der Waals surface area contributed by atoms with Crippen molar-refractivity contribution < 1.29 is 23.1 Å². The van der Waals surface area contributed by atoms with Crippen LogP contribution >= 0.6 is 15.9 Å². The van der Waals surface area contributed by atoms with Crippen molar-refractivity contribution in [3.05, 3.63) is 28.7 Å². The van der Waals surface area contributed by atoms with Crippen LogP contribution in [0.25, 0.3) is 0 Å². The number of carboxylic acid groups (broad SMARTS) is 1. The fraction of sp³-hybridized carbons (Fsp3) is 0.417. The number of benzene rings is 1. The Morgan fingerprint density at radius 2 is 1.84 bits per heavy atom. The van der Waals surface area contributed by atoms with Gasteiger partial charge >= 0.3 is 5.97 Å². The predicted octanol–water partition coefficient (Wildman–Crippen LogP) is 1.86. The van der Waals surface area contributed by atoms with Crippen LogP contribution < -0.4 is 0 Å². The highest BCUT2D eigenvalue weighted by Gasteiger charge is 2.53. The summed E-state index contributed by atoms with van der Waals surface area (Å²) in [5, 5.41) is 9.43. The van der Waals surface area contributed by atoms with E-state index in [4.69, 9.17) is 4.74 Å². The van der Waals surface area contributed by atoms with Gasteiger partial charge in [-0.15, -0.1) is 0 Å². The lowest BCUT2D eigenvalue weighted by molar-refractivity contribution is -0.142. The molecule has 0 aromatic heterocycles. The number of hydrogen-bond acceptors (Lipinski definition) is 4. The predicted molar refractivity (Wildman–Crippen MR) is 71.7 cm³/mol. The summed E-state index contributed by atoms with van der Waals surface area (Å²) in [4.78, 5) is 11.6. The van der Waals surface area contributed by atoms with Gasteiger partial charge in [-0.1, -0.05) is 12.1 Å². The van der Waals surface area contributed by atoms with E-state index in [-0.39, 0.29) is 31.0 Å². The van der Waals surface area contributed by atoms with Crippen LogP contribution in [0.3, 0.4) is 0 Å². The molecule has 0 spiro atoms. The minimum atomic E-state index is -3.98. The highest BCUT2D eigenvalue weighted by atomic mass is 79.9. The van der Waals surface area contributed by atoms with Gasteiger partial charge in [0.25, 0.3) is 0 Å². The molecule has 2 rings (SSSR count). The smallest absolute Gasteiger partial charge is 0.325 e. The zero-order valence-electron chi connectivity index (χ0n) is 10.0. The van der Waals surface area contributed by atoms with E-state index in [0.717, 1.165) is 0 Å². The molecule has 0 bridgehead atoms. The lowest BCUT2D eigenvalue weighted by Gasteiger charge is -2.32. The van der Waals surface area contributed by atoms with Gasteiger partial charge in [0.05, 0.1) is 4.90 Å². The van der Waals surface area contributed by atoms with Crippen molar-refractivity contribution >= 4 is 31.7 Å². The first-order valence-electron chi connectivity index (χ1n) is 5.72. The molecule has 1 N–H and O–H groups in total. The van der Waals surface area contributed by atoms with Gasteiger partial charge in [-0.25, -0.2) is 8.42 Å². The molecule has 1 heterocycles. The Balaban J connectivity index is 2.59. The number of aliphatic carboxylic acids is 1. The van der Waals surface area contributed by atoms with Crippen molar-refractivity contribution in [2.45, 2.75) is 22.5 Å². The third-order valence-corrected chi connectivity index (χ3v) is 6.83. The normalized spacial score (nSPS) is 19.0. The molecule has 0 saturated carbocycles. The van der Waals surface area contributed by atoms with Crippen LogP contribution in [0, 0.1) is 0 Å². The molecule has 1 fully saturated rings. The summed E-state index contributed by atoms with van der Waals surface area (Å²) >= 11 is 3.17. The highest BCUT2D eigenvalue weighted by molar-refractivity contribution is 9.10. The summed E-state index contributed by atoms with van der Waals surface area (Å²) < 4.78 is 29.1. The van der Waals surface area contributed by atoms with E-state index in [2.05, 4.69) is 15.9 Å². The van der Waals surface area contributed by atoms with Crippen molar-refractivity contribution in [3.63, 3.8) is 0 Å². The van der Waals surface area contributed by atoms with Crippen LogP contribution in [-0.2, 0) is 19.4 Å². The molecule has 1 aromatic rings. The molecule has 1 aliphatic heterocycles. The number of ether oxygens (including phenoxy) is 1. The summed E-state index contributed by atoms with van der Waals surface area (Å²) in [6, 6.07) is 6.26. The van der Waals surface area contributed by atoms with Gasteiger partial charge in [0.1, 0.15) is 0 Å². The summed E-state index contributed by atoms with van der Waals surface area (Å²) in [6.07, 6.45) is -0.0714. The maximum Gasteiger partial charge on any atom is 0.325 e. The van der Waals surface area contributed by atoms with E-state index in [1.54, 1.807) is 18.2 Å². The Hall–Kier alpha value is -0.920. The molecule has 1 aliphatic rings. The maximum atomic E-state index is 12.7. The molecule has 1 saturated heterocycles. The fourth-order valence-electron chi connectivity index (χ4n) is 2.17. The standard InChI is InChI=1S/C12H13BrO5S/c13-9-3-1-2-4-10(9)19(16,17)12(11(14)15)5-7-18-8-6-12/h1-4H,5-8H2,(H,14,15). The Morgan fingerprint density at radius 3 is 2.37 bits per heavy atom. The number of carbonyl (C=O) groups is 1. The van der Waals surface area contributed by atoms with Crippen LogP contribution in [-0.4, -0.2) is 37.5 Å². The second kappa shape index (κ2) is 5.22. The van der Waals surface area contributed by atoms with Gasteiger partial charge in [0, 0.05) is 30.5 Å².